The third-order valence-corrected chi connectivity index (χ3v) is 2.55. The van der Waals surface area contributed by atoms with Crippen LogP contribution in [0, 0.1) is 0 Å². The maximum atomic E-state index is 12.1. The Hall–Kier alpha value is -1.06. The molecule has 0 spiro atoms. The van der Waals surface area contributed by atoms with Crippen molar-refractivity contribution in [3.63, 3.8) is 0 Å². The highest BCUT2D eigenvalue weighted by Crippen LogP contribution is 2.11. The number of carbonyl (C=O) groups is 1. The average molecular weight is 213 g/mol. The first-order chi connectivity index (χ1) is 6.75. The van der Waals surface area contributed by atoms with Crippen LogP contribution in [0.4, 0.5) is 0 Å². The molecule has 0 saturated carbocycles. The predicted molar refractivity (Wildman–Crippen MR) is 64.2 cm³/mol. The van der Waals surface area contributed by atoms with Crippen molar-refractivity contribution in [2.45, 2.75) is 33.2 Å². The van der Waals surface area contributed by atoms with E-state index in [1.54, 1.807) is 19.0 Å². The van der Waals surface area contributed by atoms with E-state index >= 15 is 0 Å². The minimum Gasteiger partial charge on any atom is -0.356 e. The highest BCUT2D eigenvalue weighted by molar-refractivity contribution is 6.37. The minimum atomic E-state index is -0.179. The van der Waals surface area contributed by atoms with Gasteiger partial charge in [0.1, 0.15) is 0 Å². The molecule has 4 heteroatoms. The summed E-state index contributed by atoms with van der Waals surface area (Å²) in [6.45, 7) is 8.78. The fourth-order valence-corrected chi connectivity index (χ4v) is 1.03. The first-order valence-electron chi connectivity index (χ1n) is 5.21. The summed E-state index contributed by atoms with van der Waals surface area (Å²) in [7, 11) is 5.32. The molecule has 0 aromatic rings. The van der Waals surface area contributed by atoms with Gasteiger partial charge < -0.3 is 9.80 Å². The number of amides is 1. The van der Waals surface area contributed by atoms with Crippen molar-refractivity contribution in [3.05, 3.63) is 0 Å². The van der Waals surface area contributed by atoms with Crippen molar-refractivity contribution in [1.29, 1.82) is 0 Å². The Bertz CT molecular complexity index is 253. The van der Waals surface area contributed by atoms with E-state index in [0.717, 1.165) is 6.54 Å². The smallest absolute Gasteiger partial charge is 0.289 e. The Morgan fingerprint density at radius 3 is 2.00 bits per heavy atom. The van der Waals surface area contributed by atoms with E-state index in [-0.39, 0.29) is 11.4 Å². The van der Waals surface area contributed by atoms with Crippen LogP contribution in [-0.4, -0.2) is 54.8 Å². The van der Waals surface area contributed by atoms with Crippen molar-refractivity contribution in [1.82, 2.24) is 9.80 Å². The van der Waals surface area contributed by atoms with Crippen molar-refractivity contribution >= 4 is 11.7 Å². The molecule has 0 aromatic carbocycles. The Balaban J connectivity index is 4.84. The molecular formula is C11H23N3O. The van der Waals surface area contributed by atoms with Crippen LogP contribution in [0.1, 0.15) is 27.7 Å². The Morgan fingerprint density at radius 2 is 1.73 bits per heavy atom. The van der Waals surface area contributed by atoms with Crippen LogP contribution in [0.15, 0.2) is 4.99 Å². The summed E-state index contributed by atoms with van der Waals surface area (Å²) in [5.74, 6) is 0.476. The average Bonchev–Trinajstić information content (AvgIpc) is 2.15. The Labute approximate surface area is 93.0 Å². The Kier molecular flexibility index (Phi) is 4.78. The van der Waals surface area contributed by atoms with Gasteiger partial charge in [0.15, 0.2) is 5.84 Å². The van der Waals surface area contributed by atoms with Crippen molar-refractivity contribution in [2.75, 3.05) is 27.7 Å². The molecule has 0 aliphatic heterocycles. The molecule has 1 amide bonds. The van der Waals surface area contributed by atoms with Gasteiger partial charge in [0.2, 0.25) is 0 Å². The number of hydrogen-bond acceptors (Lipinski definition) is 2. The molecule has 0 bridgehead atoms. The number of amidine groups is 1. The molecule has 15 heavy (non-hydrogen) atoms. The summed E-state index contributed by atoms with van der Waals surface area (Å²) in [4.78, 5) is 19.7. The zero-order chi connectivity index (χ0) is 12.2. The Morgan fingerprint density at radius 1 is 1.27 bits per heavy atom. The van der Waals surface area contributed by atoms with Gasteiger partial charge in [0, 0.05) is 33.2 Å². The van der Waals surface area contributed by atoms with E-state index in [1.807, 2.05) is 39.6 Å². The van der Waals surface area contributed by atoms with Crippen LogP contribution in [0.25, 0.3) is 0 Å². The molecule has 0 unspecified atom stereocenters. The number of aliphatic imine (C=N–C) groups is 1. The molecule has 88 valence electrons. The van der Waals surface area contributed by atoms with Gasteiger partial charge in [-0.05, 0) is 27.7 Å². The lowest BCUT2D eigenvalue weighted by Crippen LogP contribution is -2.49. The van der Waals surface area contributed by atoms with Crippen molar-refractivity contribution in [3.8, 4) is 0 Å². The first-order valence-corrected chi connectivity index (χ1v) is 5.21. The molecule has 0 atom stereocenters. The summed E-state index contributed by atoms with van der Waals surface area (Å²) < 4.78 is 0. The maximum Gasteiger partial charge on any atom is 0.289 e. The lowest BCUT2D eigenvalue weighted by atomic mass is 10.1. The molecule has 0 saturated heterocycles. The van der Waals surface area contributed by atoms with E-state index < -0.39 is 0 Å². The molecule has 0 N–H and O–H groups in total. The monoisotopic (exact) mass is 213 g/mol. The van der Waals surface area contributed by atoms with Crippen LogP contribution in [0.5, 0.6) is 0 Å². The zero-order valence-electron chi connectivity index (χ0n) is 11.0. The van der Waals surface area contributed by atoms with Crippen LogP contribution >= 0.6 is 0 Å². The number of nitrogens with zero attached hydrogens (tertiary/aromatic N) is 3. The molecule has 0 fully saturated rings. The lowest BCUT2D eigenvalue weighted by molar-refractivity contribution is -0.127. The summed E-state index contributed by atoms with van der Waals surface area (Å²) in [6, 6.07) is 0. The van der Waals surface area contributed by atoms with Gasteiger partial charge in [-0.15, -0.1) is 0 Å². The minimum absolute atomic E-state index is 0.0330. The molecule has 0 aliphatic rings. The number of likely N-dealkylation sites (N-methyl/N-ethyl adjacent to an activating group) is 2. The molecular weight excluding hydrogens is 190 g/mol. The topological polar surface area (TPSA) is 35.9 Å². The molecule has 0 aromatic heterocycles. The third-order valence-electron chi connectivity index (χ3n) is 2.55. The van der Waals surface area contributed by atoms with Gasteiger partial charge in [-0.2, -0.15) is 0 Å². The van der Waals surface area contributed by atoms with E-state index in [1.165, 1.54) is 0 Å². The summed E-state index contributed by atoms with van der Waals surface area (Å²) in [6.07, 6.45) is 0. The fourth-order valence-electron chi connectivity index (χ4n) is 1.03. The molecule has 4 nitrogen and oxygen atoms in total. The van der Waals surface area contributed by atoms with Crippen LogP contribution < -0.4 is 0 Å². The highest BCUT2D eigenvalue weighted by atomic mass is 16.2. The van der Waals surface area contributed by atoms with E-state index in [9.17, 15) is 4.79 Å². The van der Waals surface area contributed by atoms with Crippen molar-refractivity contribution in [2.24, 2.45) is 4.99 Å². The van der Waals surface area contributed by atoms with Crippen LogP contribution in [0.3, 0.4) is 0 Å². The van der Waals surface area contributed by atoms with Gasteiger partial charge in [-0.25, -0.2) is 0 Å². The van der Waals surface area contributed by atoms with Crippen LogP contribution in [0.2, 0.25) is 0 Å². The van der Waals surface area contributed by atoms with Gasteiger partial charge in [0.05, 0.1) is 0 Å². The molecule has 0 radical (unpaired) electrons. The van der Waals surface area contributed by atoms with Crippen molar-refractivity contribution < 1.29 is 4.79 Å². The second-order valence-electron chi connectivity index (χ2n) is 4.60. The zero-order valence-corrected chi connectivity index (χ0v) is 11.0. The lowest BCUT2D eigenvalue weighted by Gasteiger charge is -2.33. The standard InChI is InChI=1S/C11H23N3O/c1-8-13(6)9(12-5)10(15)14(7)11(2,3)4/h8H2,1-7H3. The normalized spacial score (nSPS) is 12.6. The molecule has 0 aliphatic carbocycles. The molecule has 0 heterocycles. The summed E-state index contributed by atoms with van der Waals surface area (Å²) in [5, 5.41) is 0. The maximum absolute atomic E-state index is 12.1. The summed E-state index contributed by atoms with van der Waals surface area (Å²) in [5.41, 5.74) is -0.179. The van der Waals surface area contributed by atoms with E-state index in [2.05, 4.69) is 4.99 Å². The number of rotatable bonds is 1. The largest absolute Gasteiger partial charge is 0.356 e. The fraction of sp³-hybridized carbons (Fsp3) is 0.818. The van der Waals surface area contributed by atoms with E-state index in [0.29, 0.717) is 5.84 Å². The van der Waals surface area contributed by atoms with Crippen LogP contribution in [-0.2, 0) is 4.79 Å². The van der Waals surface area contributed by atoms with Gasteiger partial charge in [0.25, 0.3) is 5.91 Å². The SMILES string of the molecule is CCN(C)C(=NC)C(=O)N(C)C(C)(C)C. The van der Waals surface area contributed by atoms with Gasteiger partial charge >= 0.3 is 0 Å². The quantitative estimate of drug-likeness (QED) is 0.485. The number of carbonyl (C=O) groups excluding carboxylic acids is 1. The van der Waals surface area contributed by atoms with E-state index in [4.69, 9.17) is 0 Å². The second kappa shape index (κ2) is 5.14. The first kappa shape index (κ1) is 13.9. The second-order valence-corrected chi connectivity index (χ2v) is 4.60. The highest BCUT2D eigenvalue weighted by Gasteiger charge is 2.27. The predicted octanol–water partition coefficient (Wildman–Crippen LogP) is 1.22. The molecule has 0 rings (SSSR count). The van der Waals surface area contributed by atoms with Gasteiger partial charge in [-0.1, -0.05) is 0 Å². The van der Waals surface area contributed by atoms with Gasteiger partial charge in [-0.3, -0.25) is 9.79 Å². The number of hydrogen-bond donors (Lipinski definition) is 0. The summed E-state index contributed by atoms with van der Waals surface area (Å²) >= 11 is 0. The third kappa shape index (κ3) is 3.53.